The average molecular weight is 411 g/mol. The van der Waals surface area contributed by atoms with E-state index in [1.54, 1.807) is 13.2 Å². The van der Waals surface area contributed by atoms with Crippen LogP contribution < -0.4 is 0 Å². The molecule has 1 aliphatic carbocycles. The fourth-order valence-electron chi connectivity index (χ4n) is 3.28. The molecule has 0 aliphatic heterocycles. The van der Waals surface area contributed by atoms with Gasteiger partial charge in [0.1, 0.15) is 5.82 Å². The van der Waals surface area contributed by atoms with E-state index in [4.69, 9.17) is 4.74 Å². The number of aryl methyl sites for hydroxylation is 1. The van der Waals surface area contributed by atoms with Gasteiger partial charge in [0.15, 0.2) is 0 Å². The van der Waals surface area contributed by atoms with Gasteiger partial charge in [-0.05, 0) is 87.6 Å². The van der Waals surface area contributed by atoms with Crippen molar-refractivity contribution in [1.29, 1.82) is 0 Å². The predicted octanol–water partition coefficient (Wildman–Crippen LogP) is 6.95. The maximum atomic E-state index is 15.5. The van der Waals surface area contributed by atoms with Gasteiger partial charge in [0, 0.05) is 16.7 Å². The molecule has 0 N–H and O–H groups in total. The second kappa shape index (κ2) is 10.5. The molecule has 2 aromatic rings. The Kier molecular flexibility index (Phi) is 7.53. The molecule has 0 atom stereocenters. The molecule has 0 saturated heterocycles. The van der Waals surface area contributed by atoms with Gasteiger partial charge in [0.2, 0.25) is 0 Å². The number of halogens is 1. The number of methoxy groups -OCH3 is 1. The summed E-state index contributed by atoms with van der Waals surface area (Å²) in [6.45, 7) is 5.84. The third-order valence-electron chi connectivity index (χ3n) is 5.18. The maximum Gasteiger partial charge on any atom is 0.147 e. The minimum Gasteiger partial charge on any atom is -0.501 e. The van der Waals surface area contributed by atoms with Gasteiger partial charge in [0.05, 0.1) is 18.4 Å². The lowest BCUT2D eigenvalue weighted by Crippen LogP contribution is -1.97. The topological polar surface area (TPSA) is 9.23 Å². The highest BCUT2D eigenvalue weighted by molar-refractivity contribution is 5.74. The van der Waals surface area contributed by atoms with Crippen LogP contribution in [0.2, 0.25) is 0 Å². The molecule has 31 heavy (non-hydrogen) atoms. The van der Waals surface area contributed by atoms with Crippen LogP contribution >= 0.6 is 0 Å². The number of rotatable bonds is 3. The molecule has 0 saturated carbocycles. The van der Waals surface area contributed by atoms with Gasteiger partial charge in [-0.3, -0.25) is 0 Å². The molecule has 0 heterocycles. The zero-order valence-corrected chi connectivity index (χ0v) is 18.6. The molecule has 0 radical (unpaired) electrons. The molecule has 2 aromatic carbocycles. The minimum absolute atomic E-state index is 0.281. The van der Waals surface area contributed by atoms with E-state index in [-0.39, 0.29) is 5.82 Å². The standard InChI is InChI=1S/C29H27FO/c1-21(9-13-23(3)31-4)12-17-26-19-20-27(18-16-24-14-10-22(2)11-15-24)29(30)28(26)25-7-5-6-8-25/h7,9-11,13-15,19-20H,5-6,8H2,1-4H3/b21-9+,23-13+. The van der Waals surface area contributed by atoms with Gasteiger partial charge in [-0.15, -0.1) is 0 Å². The second-order valence-corrected chi connectivity index (χ2v) is 7.67. The molecule has 0 spiro atoms. The smallest absolute Gasteiger partial charge is 0.147 e. The van der Waals surface area contributed by atoms with E-state index in [1.807, 2.05) is 63.3 Å². The van der Waals surface area contributed by atoms with Gasteiger partial charge in [0.25, 0.3) is 0 Å². The molecule has 0 bridgehead atoms. The average Bonchev–Trinajstić information content (AvgIpc) is 3.30. The van der Waals surface area contributed by atoms with E-state index < -0.39 is 0 Å². The molecule has 0 aromatic heterocycles. The lowest BCUT2D eigenvalue weighted by molar-refractivity contribution is 0.294. The van der Waals surface area contributed by atoms with E-state index in [9.17, 15) is 0 Å². The SMILES string of the molecule is CO/C(C)=C/C=C(\C)C#Cc1ccc(C#Cc2ccc(C)cc2)c(F)c1C1=CCCC1. The molecular formula is C29H27FO. The zero-order chi connectivity index (χ0) is 22.2. The Morgan fingerprint density at radius 3 is 2.39 bits per heavy atom. The summed E-state index contributed by atoms with van der Waals surface area (Å²) in [5.41, 5.74) is 5.65. The third kappa shape index (κ3) is 6.00. The summed E-state index contributed by atoms with van der Waals surface area (Å²) in [6, 6.07) is 11.5. The Hall–Kier alpha value is -3.49. The number of hydrogen-bond acceptors (Lipinski definition) is 1. The molecular weight excluding hydrogens is 383 g/mol. The van der Waals surface area contributed by atoms with Crippen molar-refractivity contribution in [2.45, 2.75) is 40.0 Å². The highest BCUT2D eigenvalue weighted by Gasteiger charge is 2.18. The van der Waals surface area contributed by atoms with Crippen LogP contribution in [0.1, 0.15) is 60.9 Å². The third-order valence-corrected chi connectivity index (χ3v) is 5.18. The van der Waals surface area contributed by atoms with Crippen LogP contribution in [-0.4, -0.2) is 7.11 Å². The van der Waals surface area contributed by atoms with Crippen molar-refractivity contribution in [3.63, 3.8) is 0 Å². The number of hydrogen-bond donors (Lipinski definition) is 0. The highest BCUT2D eigenvalue weighted by atomic mass is 19.1. The lowest BCUT2D eigenvalue weighted by atomic mass is 9.95. The van der Waals surface area contributed by atoms with Crippen molar-refractivity contribution in [3.8, 4) is 23.7 Å². The van der Waals surface area contributed by atoms with Crippen molar-refractivity contribution in [3.05, 3.63) is 99.6 Å². The summed E-state index contributed by atoms with van der Waals surface area (Å²) in [5, 5.41) is 0. The van der Waals surface area contributed by atoms with Crippen LogP contribution in [0.3, 0.4) is 0 Å². The van der Waals surface area contributed by atoms with Crippen LogP contribution in [0, 0.1) is 36.4 Å². The Bertz CT molecular complexity index is 1170. The fraction of sp³-hybridized carbons (Fsp3) is 0.241. The van der Waals surface area contributed by atoms with Gasteiger partial charge < -0.3 is 4.74 Å². The first-order valence-electron chi connectivity index (χ1n) is 10.5. The first kappa shape index (κ1) is 22.2. The normalized spacial score (nSPS) is 13.6. The summed E-state index contributed by atoms with van der Waals surface area (Å²) in [4.78, 5) is 0. The first-order valence-corrected chi connectivity index (χ1v) is 10.5. The number of ether oxygens (including phenoxy) is 1. The minimum atomic E-state index is -0.281. The Morgan fingerprint density at radius 1 is 0.968 bits per heavy atom. The Labute approximate surface area is 185 Å². The zero-order valence-electron chi connectivity index (χ0n) is 18.6. The van der Waals surface area contributed by atoms with Crippen molar-refractivity contribution >= 4 is 5.57 Å². The summed E-state index contributed by atoms with van der Waals surface area (Å²) in [7, 11) is 1.63. The lowest BCUT2D eigenvalue weighted by Gasteiger charge is -2.09. The summed E-state index contributed by atoms with van der Waals surface area (Å²) in [5.74, 6) is 12.9. The molecule has 0 unspecified atom stereocenters. The van der Waals surface area contributed by atoms with Crippen molar-refractivity contribution in [1.82, 2.24) is 0 Å². The van der Waals surface area contributed by atoms with Crippen LogP contribution in [0.4, 0.5) is 4.39 Å². The second-order valence-electron chi connectivity index (χ2n) is 7.67. The predicted molar refractivity (Wildman–Crippen MR) is 127 cm³/mol. The first-order chi connectivity index (χ1) is 15.0. The molecule has 2 heteroatoms. The summed E-state index contributed by atoms with van der Waals surface area (Å²) < 4.78 is 20.7. The van der Waals surface area contributed by atoms with E-state index >= 15 is 4.39 Å². The number of benzene rings is 2. The van der Waals surface area contributed by atoms with Crippen LogP contribution in [0.15, 0.2) is 66.0 Å². The van der Waals surface area contributed by atoms with Gasteiger partial charge in [-0.2, -0.15) is 0 Å². The van der Waals surface area contributed by atoms with E-state index in [1.165, 1.54) is 5.56 Å². The molecule has 1 aliphatic rings. The Balaban J connectivity index is 2.00. The van der Waals surface area contributed by atoms with Gasteiger partial charge in [-0.1, -0.05) is 47.5 Å². The molecule has 1 nitrogen and oxygen atoms in total. The summed E-state index contributed by atoms with van der Waals surface area (Å²) in [6.07, 6.45) is 8.77. The largest absolute Gasteiger partial charge is 0.501 e. The van der Waals surface area contributed by atoms with Crippen LogP contribution in [-0.2, 0) is 4.74 Å². The van der Waals surface area contributed by atoms with Crippen LogP contribution in [0.5, 0.6) is 0 Å². The highest BCUT2D eigenvalue weighted by Crippen LogP contribution is 2.33. The molecule has 0 amide bonds. The summed E-state index contributed by atoms with van der Waals surface area (Å²) >= 11 is 0. The van der Waals surface area contributed by atoms with Crippen molar-refractivity contribution in [2.75, 3.05) is 7.11 Å². The van der Waals surface area contributed by atoms with Gasteiger partial charge >= 0.3 is 0 Å². The molecule has 156 valence electrons. The van der Waals surface area contributed by atoms with Crippen molar-refractivity contribution < 1.29 is 9.13 Å². The Morgan fingerprint density at radius 2 is 1.71 bits per heavy atom. The monoisotopic (exact) mass is 410 g/mol. The fourth-order valence-corrected chi connectivity index (χ4v) is 3.28. The van der Waals surface area contributed by atoms with E-state index in [2.05, 4.69) is 29.8 Å². The molecule has 0 fully saturated rings. The van der Waals surface area contributed by atoms with Crippen LogP contribution in [0.25, 0.3) is 5.57 Å². The van der Waals surface area contributed by atoms with E-state index in [0.29, 0.717) is 16.7 Å². The quantitative estimate of drug-likeness (QED) is 0.302. The number of allylic oxidation sites excluding steroid dienone is 6. The molecule has 3 rings (SSSR count). The maximum absolute atomic E-state index is 15.5. The van der Waals surface area contributed by atoms with E-state index in [0.717, 1.165) is 41.7 Å². The van der Waals surface area contributed by atoms with Crippen molar-refractivity contribution in [2.24, 2.45) is 0 Å². The van der Waals surface area contributed by atoms with Gasteiger partial charge in [-0.25, -0.2) is 4.39 Å².